The van der Waals surface area contributed by atoms with Crippen LogP contribution < -0.4 is 11.5 Å². The fourth-order valence-electron chi connectivity index (χ4n) is 2.83. The van der Waals surface area contributed by atoms with Gasteiger partial charge in [0.2, 0.25) is 0 Å². The molecular formula is C9H19N3. The summed E-state index contributed by atoms with van der Waals surface area (Å²) in [6.07, 6.45) is 5.07. The van der Waals surface area contributed by atoms with Crippen LogP contribution in [-0.2, 0) is 0 Å². The van der Waals surface area contributed by atoms with Gasteiger partial charge in [-0.25, -0.2) is 0 Å². The lowest BCUT2D eigenvalue weighted by molar-refractivity contribution is 0.132. The topological polar surface area (TPSA) is 55.3 Å². The molecule has 3 atom stereocenters. The lowest BCUT2D eigenvalue weighted by atomic mass is 9.98. The van der Waals surface area contributed by atoms with Crippen LogP contribution >= 0.6 is 0 Å². The van der Waals surface area contributed by atoms with Crippen LogP contribution in [0, 0.1) is 0 Å². The van der Waals surface area contributed by atoms with Gasteiger partial charge in [-0.2, -0.15) is 0 Å². The first-order valence-corrected chi connectivity index (χ1v) is 5.02. The third kappa shape index (κ3) is 1.37. The normalized spacial score (nSPS) is 42.0. The van der Waals surface area contributed by atoms with E-state index >= 15 is 0 Å². The van der Waals surface area contributed by atoms with E-state index in [2.05, 4.69) is 4.90 Å². The van der Waals surface area contributed by atoms with E-state index in [1.165, 1.54) is 25.7 Å². The summed E-state index contributed by atoms with van der Waals surface area (Å²) in [5.41, 5.74) is 11.5. The van der Waals surface area contributed by atoms with Crippen LogP contribution in [0.3, 0.4) is 0 Å². The summed E-state index contributed by atoms with van der Waals surface area (Å²) in [4.78, 5) is 2.57. The van der Waals surface area contributed by atoms with Crippen LogP contribution in [0.1, 0.15) is 25.7 Å². The lowest BCUT2D eigenvalue weighted by Gasteiger charge is -2.37. The van der Waals surface area contributed by atoms with E-state index in [1.54, 1.807) is 0 Å². The largest absolute Gasteiger partial charge is 0.329 e. The zero-order valence-electron chi connectivity index (χ0n) is 7.58. The summed E-state index contributed by atoms with van der Waals surface area (Å²) in [5.74, 6) is 0. The van der Waals surface area contributed by atoms with Gasteiger partial charge in [-0.05, 0) is 25.7 Å². The SMILES string of the molecule is NCCN1[C@@H]2CC[C@H]1CC(N)C2. The molecule has 2 heterocycles. The van der Waals surface area contributed by atoms with Crippen molar-refractivity contribution < 1.29 is 0 Å². The van der Waals surface area contributed by atoms with Gasteiger partial charge >= 0.3 is 0 Å². The Morgan fingerprint density at radius 1 is 1.17 bits per heavy atom. The highest BCUT2D eigenvalue weighted by molar-refractivity contribution is 4.96. The fraction of sp³-hybridized carbons (Fsp3) is 1.00. The zero-order chi connectivity index (χ0) is 8.55. The van der Waals surface area contributed by atoms with E-state index in [1.807, 2.05) is 0 Å². The highest BCUT2D eigenvalue weighted by Crippen LogP contribution is 2.34. The molecule has 4 N–H and O–H groups in total. The number of hydrogen-bond donors (Lipinski definition) is 2. The molecule has 70 valence electrons. The molecule has 0 aliphatic carbocycles. The van der Waals surface area contributed by atoms with Crippen molar-refractivity contribution in [2.75, 3.05) is 13.1 Å². The van der Waals surface area contributed by atoms with Crippen molar-refractivity contribution in [2.24, 2.45) is 11.5 Å². The molecule has 0 radical (unpaired) electrons. The maximum absolute atomic E-state index is 5.96. The maximum Gasteiger partial charge on any atom is 0.0114 e. The van der Waals surface area contributed by atoms with E-state index in [9.17, 15) is 0 Å². The molecule has 0 spiro atoms. The second-order valence-corrected chi connectivity index (χ2v) is 4.14. The Labute approximate surface area is 74.1 Å². The molecule has 2 aliphatic heterocycles. The third-order valence-corrected chi connectivity index (χ3v) is 3.31. The van der Waals surface area contributed by atoms with Crippen molar-refractivity contribution in [2.45, 2.75) is 43.8 Å². The van der Waals surface area contributed by atoms with Crippen LogP contribution in [0.4, 0.5) is 0 Å². The number of nitrogens with two attached hydrogens (primary N) is 2. The van der Waals surface area contributed by atoms with Crippen molar-refractivity contribution in [3.05, 3.63) is 0 Å². The molecule has 0 aromatic heterocycles. The maximum atomic E-state index is 5.96. The summed E-state index contributed by atoms with van der Waals surface area (Å²) in [6.45, 7) is 1.87. The number of nitrogens with zero attached hydrogens (tertiary/aromatic N) is 1. The van der Waals surface area contributed by atoms with Crippen LogP contribution in [-0.4, -0.2) is 36.1 Å². The minimum Gasteiger partial charge on any atom is -0.329 e. The fourth-order valence-corrected chi connectivity index (χ4v) is 2.83. The molecule has 0 aromatic rings. The Hall–Kier alpha value is -0.120. The summed E-state index contributed by atoms with van der Waals surface area (Å²) < 4.78 is 0. The smallest absolute Gasteiger partial charge is 0.0114 e. The number of piperidine rings is 1. The molecule has 3 nitrogen and oxygen atoms in total. The quantitative estimate of drug-likeness (QED) is 0.607. The molecule has 0 aromatic carbocycles. The van der Waals surface area contributed by atoms with Gasteiger partial charge in [0.1, 0.15) is 0 Å². The highest BCUT2D eigenvalue weighted by Gasteiger charge is 2.38. The van der Waals surface area contributed by atoms with Crippen LogP contribution in [0.2, 0.25) is 0 Å². The number of fused-ring (bicyclic) bond motifs is 2. The molecule has 12 heavy (non-hydrogen) atoms. The standard InChI is InChI=1S/C9H19N3/c10-3-4-12-8-1-2-9(12)6-7(11)5-8/h7-9H,1-6,10-11H2/t7?,8-,9+. The molecule has 0 amide bonds. The lowest BCUT2D eigenvalue weighted by Crippen LogP contribution is -2.48. The summed E-state index contributed by atoms with van der Waals surface area (Å²) >= 11 is 0. The minimum absolute atomic E-state index is 0.455. The van der Waals surface area contributed by atoms with Crippen LogP contribution in [0.25, 0.3) is 0 Å². The van der Waals surface area contributed by atoms with Crippen LogP contribution in [0.15, 0.2) is 0 Å². The Bertz CT molecular complexity index is 146. The Morgan fingerprint density at radius 2 is 1.75 bits per heavy atom. The predicted octanol–water partition coefficient (Wildman–Crippen LogP) is -0.101. The van der Waals surface area contributed by atoms with Gasteiger partial charge in [0.25, 0.3) is 0 Å². The average Bonchev–Trinajstić information content (AvgIpc) is 2.32. The molecule has 0 saturated carbocycles. The van der Waals surface area contributed by atoms with Gasteiger partial charge in [0.15, 0.2) is 0 Å². The molecule has 2 aliphatic rings. The molecule has 2 fully saturated rings. The average molecular weight is 169 g/mol. The van der Waals surface area contributed by atoms with Crippen molar-refractivity contribution in [3.63, 3.8) is 0 Å². The Kier molecular flexibility index (Phi) is 2.35. The van der Waals surface area contributed by atoms with Crippen LogP contribution in [0.5, 0.6) is 0 Å². The molecule has 2 saturated heterocycles. The van der Waals surface area contributed by atoms with Gasteiger partial charge in [0.05, 0.1) is 0 Å². The zero-order valence-corrected chi connectivity index (χ0v) is 7.58. The van der Waals surface area contributed by atoms with E-state index in [4.69, 9.17) is 11.5 Å². The number of rotatable bonds is 2. The van der Waals surface area contributed by atoms with Gasteiger partial charge < -0.3 is 11.5 Å². The van der Waals surface area contributed by atoms with Gasteiger partial charge in [0, 0.05) is 31.2 Å². The third-order valence-electron chi connectivity index (χ3n) is 3.31. The first-order chi connectivity index (χ1) is 5.81. The monoisotopic (exact) mass is 169 g/mol. The van der Waals surface area contributed by atoms with E-state index in [0.717, 1.165) is 25.2 Å². The van der Waals surface area contributed by atoms with E-state index in [0.29, 0.717) is 6.04 Å². The minimum atomic E-state index is 0.455. The van der Waals surface area contributed by atoms with Crippen molar-refractivity contribution in [1.29, 1.82) is 0 Å². The Morgan fingerprint density at radius 3 is 2.25 bits per heavy atom. The highest BCUT2D eigenvalue weighted by atomic mass is 15.2. The molecule has 1 unspecified atom stereocenters. The Balaban J connectivity index is 1.99. The second kappa shape index (κ2) is 3.32. The molecule has 2 bridgehead atoms. The summed E-state index contributed by atoms with van der Waals surface area (Å²) in [7, 11) is 0. The van der Waals surface area contributed by atoms with E-state index in [-0.39, 0.29) is 0 Å². The van der Waals surface area contributed by atoms with Crippen molar-refractivity contribution in [1.82, 2.24) is 4.90 Å². The first-order valence-electron chi connectivity index (χ1n) is 5.02. The first kappa shape index (κ1) is 8.48. The molecule has 2 rings (SSSR count). The number of hydrogen-bond acceptors (Lipinski definition) is 3. The summed E-state index contributed by atoms with van der Waals surface area (Å²) in [5, 5.41) is 0. The predicted molar refractivity (Wildman–Crippen MR) is 49.8 cm³/mol. The van der Waals surface area contributed by atoms with Crippen molar-refractivity contribution in [3.8, 4) is 0 Å². The van der Waals surface area contributed by atoms with Gasteiger partial charge in [-0.15, -0.1) is 0 Å². The van der Waals surface area contributed by atoms with Gasteiger partial charge in [-0.1, -0.05) is 0 Å². The second-order valence-electron chi connectivity index (χ2n) is 4.14. The van der Waals surface area contributed by atoms with Crippen molar-refractivity contribution >= 4 is 0 Å². The summed E-state index contributed by atoms with van der Waals surface area (Å²) in [6, 6.07) is 1.96. The molecule has 3 heteroatoms. The van der Waals surface area contributed by atoms with E-state index < -0.39 is 0 Å². The van der Waals surface area contributed by atoms with Gasteiger partial charge in [-0.3, -0.25) is 4.90 Å². The molecular weight excluding hydrogens is 150 g/mol.